The number of carbonyl (C=O) groups is 1. The normalized spacial score (nSPS) is 12.9. The van der Waals surface area contributed by atoms with E-state index in [1.807, 2.05) is 0 Å². The highest BCUT2D eigenvalue weighted by Crippen LogP contribution is 2.34. The number of halogens is 3. The summed E-state index contributed by atoms with van der Waals surface area (Å²) >= 11 is 0. The molecule has 0 amide bonds. The first-order chi connectivity index (χ1) is 9.88. The van der Waals surface area contributed by atoms with Crippen LogP contribution in [-0.4, -0.2) is 11.1 Å². The van der Waals surface area contributed by atoms with Crippen LogP contribution in [0.5, 0.6) is 0 Å². The Bertz CT molecular complexity index is 621. The Morgan fingerprint density at radius 1 is 1.19 bits per heavy atom. The Labute approximate surface area is 119 Å². The lowest BCUT2D eigenvalue weighted by Crippen LogP contribution is -2.10. The number of rotatable bonds is 4. The minimum Gasteiger partial charge on any atom is -0.481 e. The van der Waals surface area contributed by atoms with Crippen LogP contribution in [0.1, 0.15) is 29.0 Å². The minimum absolute atomic E-state index is 0.279. The first kappa shape index (κ1) is 15.1. The van der Waals surface area contributed by atoms with Crippen LogP contribution in [0, 0.1) is 6.07 Å². The molecule has 1 unspecified atom stereocenters. The molecule has 2 aromatic carbocycles. The van der Waals surface area contributed by atoms with Crippen LogP contribution in [0.25, 0.3) is 0 Å². The molecular formula is C16H12F3O2. The first-order valence-electron chi connectivity index (χ1n) is 6.23. The molecular weight excluding hydrogens is 281 g/mol. The van der Waals surface area contributed by atoms with Crippen LogP contribution in [0.15, 0.2) is 48.5 Å². The second kappa shape index (κ2) is 5.99. The maximum absolute atomic E-state index is 12.8. The molecule has 1 atom stereocenters. The van der Waals surface area contributed by atoms with Gasteiger partial charge < -0.3 is 5.11 Å². The Balaban J connectivity index is 2.45. The van der Waals surface area contributed by atoms with Crippen molar-refractivity contribution >= 4 is 5.97 Å². The van der Waals surface area contributed by atoms with Crippen molar-refractivity contribution in [3.63, 3.8) is 0 Å². The minimum atomic E-state index is -4.45. The molecule has 0 heterocycles. The van der Waals surface area contributed by atoms with Gasteiger partial charge in [0.1, 0.15) is 0 Å². The van der Waals surface area contributed by atoms with Crippen LogP contribution < -0.4 is 0 Å². The summed E-state index contributed by atoms with van der Waals surface area (Å²) in [5.41, 5.74) is 0.168. The zero-order chi connectivity index (χ0) is 15.5. The lowest BCUT2D eigenvalue weighted by molar-refractivity contribution is -0.138. The number of alkyl halides is 3. The van der Waals surface area contributed by atoms with Crippen molar-refractivity contribution in [1.82, 2.24) is 0 Å². The van der Waals surface area contributed by atoms with Crippen molar-refractivity contribution in [2.75, 3.05) is 0 Å². The first-order valence-corrected chi connectivity index (χ1v) is 6.23. The van der Waals surface area contributed by atoms with Crippen molar-refractivity contribution in [2.24, 2.45) is 0 Å². The van der Waals surface area contributed by atoms with Gasteiger partial charge in [0.15, 0.2) is 0 Å². The zero-order valence-corrected chi connectivity index (χ0v) is 10.9. The van der Waals surface area contributed by atoms with Crippen molar-refractivity contribution in [3.05, 3.63) is 71.3 Å². The van der Waals surface area contributed by atoms with E-state index in [9.17, 15) is 18.0 Å². The second-order valence-electron chi connectivity index (χ2n) is 4.61. The summed E-state index contributed by atoms with van der Waals surface area (Å²) in [6.07, 6.45) is -4.73. The summed E-state index contributed by atoms with van der Waals surface area (Å²) in [6, 6.07) is 14.2. The number of carboxylic acids is 1. The maximum Gasteiger partial charge on any atom is 0.416 e. The van der Waals surface area contributed by atoms with Gasteiger partial charge >= 0.3 is 12.1 Å². The number of aliphatic carboxylic acids is 1. The molecule has 2 rings (SSSR count). The van der Waals surface area contributed by atoms with E-state index in [2.05, 4.69) is 6.07 Å². The molecule has 0 fully saturated rings. The molecule has 0 spiro atoms. The zero-order valence-electron chi connectivity index (χ0n) is 10.9. The molecule has 0 aromatic heterocycles. The van der Waals surface area contributed by atoms with Crippen molar-refractivity contribution < 1.29 is 23.1 Å². The van der Waals surface area contributed by atoms with Crippen LogP contribution in [0.4, 0.5) is 13.2 Å². The molecule has 109 valence electrons. The molecule has 1 N–H and O–H groups in total. The molecule has 2 aromatic rings. The largest absolute Gasteiger partial charge is 0.481 e. The summed E-state index contributed by atoms with van der Waals surface area (Å²) in [5.74, 6) is -1.71. The summed E-state index contributed by atoms with van der Waals surface area (Å²) in [5, 5.41) is 9.00. The predicted octanol–water partition coefficient (Wildman–Crippen LogP) is 4.11. The quantitative estimate of drug-likeness (QED) is 0.921. The molecule has 0 bridgehead atoms. The van der Waals surface area contributed by atoms with E-state index in [-0.39, 0.29) is 6.42 Å². The van der Waals surface area contributed by atoms with Gasteiger partial charge in [-0.1, -0.05) is 42.5 Å². The smallest absolute Gasteiger partial charge is 0.416 e. The van der Waals surface area contributed by atoms with Gasteiger partial charge in [0.2, 0.25) is 0 Å². The Kier molecular flexibility index (Phi) is 4.31. The third-order valence-electron chi connectivity index (χ3n) is 3.13. The fourth-order valence-electron chi connectivity index (χ4n) is 2.16. The van der Waals surface area contributed by atoms with E-state index in [1.54, 1.807) is 24.3 Å². The van der Waals surface area contributed by atoms with E-state index in [1.165, 1.54) is 12.1 Å². The molecule has 0 saturated heterocycles. The molecule has 5 heteroatoms. The summed E-state index contributed by atoms with van der Waals surface area (Å²) < 4.78 is 38.3. The average molecular weight is 293 g/mol. The highest BCUT2D eigenvalue weighted by atomic mass is 19.4. The number of carboxylic acid groups (broad SMARTS) is 1. The topological polar surface area (TPSA) is 37.3 Å². The molecule has 21 heavy (non-hydrogen) atoms. The highest BCUT2D eigenvalue weighted by Gasteiger charge is 2.31. The van der Waals surface area contributed by atoms with Crippen molar-refractivity contribution in [1.29, 1.82) is 0 Å². The van der Waals surface area contributed by atoms with E-state index >= 15 is 0 Å². The van der Waals surface area contributed by atoms with Gasteiger partial charge in [0.25, 0.3) is 0 Å². The Morgan fingerprint density at radius 3 is 2.48 bits per heavy atom. The third-order valence-corrected chi connectivity index (χ3v) is 3.13. The SMILES string of the molecule is O=C(O)CC(c1c[c]ccc1)c1cccc(C(F)(F)F)c1. The number of hydrogen-bond acceptors (Lipinski definition) is 1. The molecule has 1 radical (unpaired) electrons. The van der Waals surface area contributed by atoms with Crippen LogP contribution in [-0.2, 0) is 11.0 Å². The van der Waals surface area contributed by atoms with Crippen LogP contribution >= 0.6 is 0 Å². The number of benzene rings is 2. The monoisotopic (exact) mass is 293 g/mol. The second-order valence-corrected chi connectivity index (χ2v) is 4.61. The van der Waals surface area contributed by atoms with Crippen LogP contribution in [0.2, 0.25) is 0 Å². The summed E-state index contributed by atoms with van der Waals surface area (Å²) in [4.78, 5) is 11.0. The molecule has 2 nitrogen and oxygen atoms in total. The Morgan fingerprint density at radius 2 is 1.90 bits per heavy atom. The van der Waals surface area contributed by atoms with Gasteiger partial charge in [0, 0.05) is 5.92 Å². The molecule has 0 aliphatic heterocycles. The summed E-state index contributed by atoms with van der Waals surface area (Å²) in [7, 11) is 0. The van der Waals surface area contributed by atoms with Gasteiger partial charge in [-0.2, -0.15) is 13.2 Å². The van der Waals surface area contributed by atoms with Crippen LogP contribution in [0.3, 0.4) is 0 Å². The fourth-order valence-corrected chi connectivity index (χ4v) is 2.16. The Hall–Kier alpha value is -2.30. The van der Waals surface area contributed by atoms with Gasteiger partial charge in [-0.15, -0.1) is 0 Å². The van der Waals surface area contributed by atoms with Gasteiger partial charge in [-0.25, -0.2) is 0 Å². The van der Waals surface area contributed by atoms with Gasteiger partial charge in [-0.3, -0.25) is 4.79 Å². The molecule has 0 aliphatic rings. The van der Waals surface area contributed by atoms with Crippen molar-refractivity contribution in [3.8, 4) is 0 Å². The molecule has 0 saturated carbocycles. The van der Waals surface area contributed by atoms with Gasteiger partial charge in [0.05, 0.1) is 12.0 Å². The highest BCUT2D eigenvalue weighted by molar-refractivity contribution is 5.69. The summed E-state index contributed by atoms with van der Waals surface area (Å²) in [6.45, 7) is 0. The lowest BCUT2D eigenvalue weighted by Gasteiger charge is -2.17. The average Bonchev–Trinajstić information content (AvgIpc) is 2.45. The van der Waals surface area contributed by atoms with E-state index in [0.29, 0.717) is 11.1 Å². The lowest BCUT2D eigenvalue weighted by atomic mass is 9.88. The van der Waals surface area contributed by atoms with Gasteiger partial charge in [-0.05, 0) is 23.3 Å². The molecule has 0 aliphatic carbocycles. The standard InChI is InChI=1S/C16H12F3O2/c17-16(18,19)13-8-4-7-12(9-13)14(10-15(20)21)11-5-2-1-3-6-11/h1-2,4-9,14H,10H2,(H,20,21). The predicted molar refractivity (Wildman–Crippen MR) is 70.8 cm³/mol. The third kappa shape index (κ3) is 3.84. The fraction of sp³-hybridized carbons (Fsp3) is 0.188. The van der Waals surface area contributed by atoms with E-state index in [4.69, 9.17) is 5.11 Å². The van der Waals surface area contributed by atoms with E-state index in [0.717, 1.165) is 12.1 Å². The number of hydrogen-bond donors (Lipinski definition) is 1. The van der Waals surface area contributed by atoms with E-state index < -0.39 is 23.6 Å². The van der Waals surface area contributed by atoms with Crippen molar-refractivity contribution in [2.45, 2.75) is 18.5 Å². The maximum atomic E-state index is 12.8.